The molecule has 29 heavy (non-hydrogen) atoms. The standard InChI is InChI=1S/C23H19ClN2O2S/c1-2-28-21-10-7-15(13-20(21)24)22(27)26-23(29)25-17-8-9-19-16(12-17)11-14-5-3-4-6-18(14)19/h3-10,12-13H,2,11H2,1H3,(H2,25,26,27,29). The molecule has 3 aromatic carbocycles. The largest absolute Gasteiger partial charge is 0.492 e. The molecule has 0 saturated carbocycles. The molecule has 1 aliphatic rings. The molecule has 0 aliphatic heterocycles. The maximum atomic E-state index is 12.5. The molecule has 4 rings (SSSR count). The number of carbonyl (C=O) groups is 1. The number of halogens is 1. The van der Waals surface area contributed by atoms with E-state index < -0.39 is 0 Å². The molecule has 0 atom stereocenters. The van der Waals surface area contributed by atoms with Gasteiger partial charge in [0.2, 0.25) is 0 Å². The Morgan fingerprint density at radius 3 is 2.66 bits per heavy atom. The third-order valence-electron chi connectivity index (χ3n) is 4.77. The van der Waals surface area contributed by atoms with E-state index in [4.69, 9.17) is 28.6 Å². The second-order valence-electron chi connectivity index (χ2n) is 6.69. The third-order valence-corrected chi connectivity index (χ3v) is 5.27. The average Bonchev–Trinajstić information content (AvgIpc) is 3.07. The first-order valence-electron chi connectivity index (χ1n) is 9.31. The van der Waals surface area contributed by atoms with Gasteiger partial charge in [-0.1, -0.05) is 41.9 Å². The third kappa shape index (κ3) is 4.11. The van der Waals surface area contributed by atoms with E-state index in [1.54, 1.807) is 18.2 Å². The number of carbonyl (C=O) groups excluding carboxylic acids is 1. The molecule has 0 bridgehead atoms. The maximum Gasteiger partial charge on any atom is 0.257 e. The van der Waals surface area contributed by atoms with Gasteiger partial charge in [0.1, 0.15) is 5.75 Å². The van der Waals surface area contributed by atoms with Crippen LogP contribution in [0.25, 0.3) is 11.1 Å². The SMILES string of the molecule is CCOc1ccc(C(=O)NC(=S)Nc2ccc3c(c2)Cc2ccccc2-3)cc1Cl. The monoisotopic (exact) mass is 422 g/mol. The van der Waals surface area contributed by atoms with Gasteiger partial charge >= 0.3 is 0 Å². The zero-order valence-corrected chi connectivity index (χ0v) is 17.4. The molecule has 146 valence electrons. The lowest BCUT2D eigenvalue weighted by molar-refractivity contribution is 0.0977. The van der Waals surface area contributed by atoms with E-state index >= 15 is 0 Å². The Hall–Kier alpha value is -2.89. The molecule has 3 aromatic rings. The number of nitrogens with one attached hydrogen (secondary N) is 2. The number of fused-ring (bicyclic) bond motifs is 3. The van der Waals surface area contributed by atoms with Crippen molar-refractivity contribution < 1.29 is 9.53 Å². The van der Waals surface area contributed by atoms with Gasteiger partial charge in [0.15, 0.2) is 5.11 Å². The molecule has 0 heterocycles. The Morgan fingerprint density at radius 2 is 1.86 bits per heavy atom. The zero-order chi connectivity index (χ0) is 20.4. The summed E-state index contributed by atoms with van der Waals surface area (Å²) in [5.41, 5.74) is 6.33. The van der Waals surface area contributed by atoms with E-state index in [9.17, 15) is 4.79 Å². The Bertz CT molecular complexity index is 1110. The van der Waals surface area contributed by atoms with Gasteiger partial charge in [-0.15, -0.1) is 0 Å². The van der Waals surface area contributed by atoms with Gasteiger partial charge in [-0.25, -0.2) is 0 Å². The summed E-state index contributed by atoms with van der Waals surface area (Å²) in [5.74, 6) is 0.214. The summed E-state index contributed by atoms with van der Waals surface area (Å²) in [6.07, 6.45) is 0.894. The van der Waals surface area contributed by atoms with Crippen LogP contribution in [0.15, 0.2) is 60.7 Å². The van der Waals surface area contributed by atoms with Crippen LogP contribution in [-0.2, 0) is 6.42 Å². The highest BCUT2D eigenvalue weighted by Gasteiger charge is 2.18. The van der Waals surface area contributed by atoms with Crippen LogP contribution in [0.5, 0.6) is 5.75 Å². The lowest BCUT2D eigenvalue weighted by Gasteiger charge is -2.12. The van der Waals surface area contributed by atoms with E-state index in [2.05, 4.69) is 47.0 Å². The van der Waals surface area contributed by atoms with Crippen LogP contribution in [-0.4, -0.2) is 17.6 Å². The summed E-state index contributed by atoms with van der Waals surface area (Å²) in [7, 11) is 0. The van der Waals surface area contributed by atoms with Gasteiger partial charge in [-0.3, -0.25) is 10.1 Å². The number of thiocarbonyl (C=S) groups is 1. The van der Waals surface area contributed by atoms with E-state index in [0.717, 1.165) is 12.1 Å². The van der Waals surface area contributed by atoms with E-state index in [0.29, 0.717) is 22.9 Å². The quantitative estimate of drug-likeness (QED) is 0.430. The van der Waals surface area contributed by atoms with Crippen molar-refractivity contribution in [3.05, 3.63) is 82.4 Å². The van der Waals surface area contributed by atoms with Gasteiger partial charge < -0.3 is 10.1 Å². The van der Waals surface area contributed by atoms with Crippen LogP contribution < -0.4 is 15.4 Å². The lowest BCUT2D eigenvalue weighted by atomic mass is 10.1. The molecule has 2 N–H and O–H groups in total. The van der Waals surface area contributed by atoms with Crippen LogP contribution in [0.3, 0.4) is 0 Å². The predicted octanol–water partition coefficient (Wildman–Crippen LogP) is 5.44. The second-order valence-corrected chi connectivity index (χ2v) is 7.51. The second kappa shape index (κ2) is 8.23. The minimum Gasteiger partial charge on any atom is -0.492 e. The fourth-order valence-electron chi connectivity index (χ4n) is 3.48. The number of anilines is 1. The minimum absolute atomic E-state index is 0.232. The Balaban J connectivity index is 1.42. The average molecular weight is 423 g/mol. The van der Waals surface area contributed by atoms with Crippen LogP contribution in [0.4, 0.5) is 5.69 Å². The summed E-state index contributed by atoms with van der Waals surface area (Å²) >= 11 is 11.5. The first-order chi connectivity index (χ1) is 14.0. The van der Waals surface area contributed by atoms with Crippen molar-refractivity contribution in [1.29, 1.82) is 0 Å². The molecule has 4 nitrogen and oxygen atoms in total. The van der Waals surface area contributed by atoms with Crippen LogP contribution in [0.1, 0.15) is 28.4 Å². The summed E-state index contributed by atoms with van der Waals surface area (Å²) in [6.45, 7) is 2.38. The highest BCUT2D eigenvalue weighted by Crippen LogP contribution is 2.37. The van der Waals surface area contributed by atoms with Crippen LogP contribution >= 0.6 is 23.8 Å². The molecule has 0 unspecified atom stereocenters. The molecule has 1 amide bonds. The van der Waals surface area contributed by atoms with Gasteiger partial charge in [0.05, 0.1) is 11.6 Å². The number of ether oxygens (including phenoxy) is 1. The molecule has 6 heteroatoms. The van der Waals surface area contributed by atoms with Crippen molar-refractivity contribution in [2.75, 3.05) is 11.9 Å². The topological polar surface area (TPSA) is 50.4 Å². The van der Waals surface area contributed by atoms with Crippen molar-refractivity contribution in [3.8, 4) is 16.9 Å². The Kier molecular flexibility index (Phi) is 5.51. The highest BCUT2D eigenvalue weighted by atomic mass is 35.5. The molecule has 1 aliphatic carbocycles. The van der Waals surface area contributed by atoms with Gasteiger partial charge in [-0.2, -0.15) is 0 Å². The number of hydrogen-bond acceptors (Lipinski definition) is 3. The van der Waals surface area contributed by atoms with Crippen LogP contribution in [0.2, 0.25) is 5.02 Å². The van der Waals surface area contributed by atoms with Crippen LogP contribution in [0, 0.1) is 0 Å². The highest BCUT2D eigenvalue weighted by molar-refractivity contribution is 7.80. The lowest BCUT2D eigenvalue weighted by Crippen LogP contribution is -2.34. The minimum atomic E-state index is -0.332. The van der Waals surface area contributed by atoms with E-state index in [1.165, 1.54) is 22.3 Å². The summed E-state index contributed by atoms with van der Waals surface area (Å²) < 4.78 is 5.39. The van der Waals surface area contributed by atoms with Gasteiger partial charge in [-0.05, 0) is 78.1 Å². The normalized spacial score (nSPS) is 11.4. The smallest absolute Gasteiger partial charge is 0.257 e. The molecule has 0 radical (unpaired) electrons. The van der Waals surface area contributed by atoms with Crippen molar-refractivity contribution in [3.63, 3.8) is 0 Å². The first kappa shape index (κ1) is 19.4. The summed E-state index contributed by atoms with van der Waals surface area (Å²) in [5, 5.41) is 6.39. The molecular formula is C23H19ClN2O2S. The number of benzene rings is 3. The van der Waals surface area contributed by atoms with E-state index in [-0.39, 0.29) is 11.0 Å². The van der Waals surface area contributed by atoms with Crippen molar-refractivity contribution in [2.45, 2.75) is 13.3 Å². The predicted molar refractivity (Wildman–Crippen MR) is 121 cm³/mol. The van der Waals surface area contributed by atoms with E-state index in [1.807, 2.05) is 13.0 Å². The summed E-state index contributed by atoms with van der Waals surface area (Å²) in [6, 6.07) is 19.4. The number of rotatable bonds is 4. The number of amides is 1. The molecule has 0 aromatic heterocycles. The Morgan fingerprint density at radius 1 is 1.07 bits per heavy atom. The van der Waals surface area contributed by atoms with Crippen molar-refractivity contribution in [2.24, 2.45) is 0 Å². The molecule has 0 saturated heterocycles. The van der Waals surface area contributed by atoms with Gasteiger partial charge in [0, 0.05) is 11.3 Å². The fraction of sp³-hybridized carbons (Fsp3) is 0.130. The molecule has 0 spiro atoms. The maximum absolute atomic E-state index is 12.5. The Labute approximate surface area is 179 Å². The fourth-order valence-corrected chi connectivity index (χ4v) is 3.92. The zero-order valence-electron chi connectivity index (χ0n) is 15.8. The van der Waals surface area contributed by atoms with Crippen molar-refractivity contribution in [1.82, 2.24) is 5.32 Å². The summed E-state index contributed by atoms with van der Waals surface area (Å²) in [4.78, 5) is 12.5. The van der Waals surface area contributed by atoms with Crippen molar-refractivity contribution >= 4 is 40.5 Å². The molecule has 0 fully saturated rings. The first-order valence-corrected chi connectivity index (χ1v) is 10.1. The van der Waals surface area contributed by atoms with Gasteiger partial charge in [0.25, 0.3) is 5.91 Å². The number of hydrogen-bond donors (Lipinski definition) is 2. The molecular weight excluding hydrogens is 404 g/mol.